The predicted octanol–water partition coefficient (Wildman–Crippen LogP) is 3.40. The SMILES string of the molecule is C[C@@]12C(=O)N(Cc3ccccc3)C(=O)N1CCc1c2[nH]c2ccccc12. The van der Waals surface area contributed by atoms with E-state index in [4.69, 9.17) is 0 Å². The number of aromatic nitrogens is 1. The van der Waals surface area contributed by atoms with Gasteiger partial charge in [0, 0.05) is 17.4 Å². The Morgan fingerprint density at radius 2 is 1.77 bits per heavy atom. The second-order valence-electron chi connectivity index (χ2n) is 7.16. The normalized spacial score (nSPS) is 22.0. The van der Waals surface area contributed by atoms with Crippen molar-refractivity contribution in [2.24, 2.45) is 0 Å². The largest absolute Gasteiger partial charge is 0.356 e. The summed E-state index contributed by atoms with van der Waals surface area (Å²) in [5.74, 6) is -0.154. The number of amides is 3. The maximum atomic E-state index is 13.4. The van der Waals surface area contributed by atoms with Crippen molar-refractivity contribution in [3.63, 3.8) is 0 Å². The van der Waals surface area contributed by atoms with E-state index in [1.165, 1.54) is 4.90 Å². The summed E-state index contributed by atoms with van der Waals surface area (Å²) >= 11 is 0. The fraction of sp³-hybridized carbons (Fsp3) is 0.238. The summed E-state index contributed by atoms with van der Waals surface area (Å²) in [5, 5.41) is 1.14. The van der Waals surface area contributed by atoms with E-state index >= 15 is 0 Å². The van der Waals surface area contributed by atoms with Crippen LogP contribution in [0, 0.1) is 0 Å². The topological polar surface area (TPSA) is 56.4 Å². The average molecular weight is 345 g/mol. The van der Waals surface area contributed by atoms with Gasteiger partial charge in [0.15, 0.2) is 5.54 Å². The van der Waals surface area contributed by atoms with E-state index in [0.29, 0.717) is 13.1 Å². The summed E-state index contributed by atoms with van der Waals surface area (Å²) in [5.41, 5.74) is 3.02. The summed E-state index contributed by atoms with van der Waals surface area (Å²) in [6.45, 7) is 2.73. The molecule has 3 aromatic rings. The molecule has 0 spiro atoms. The summed E-state index contributed by atoms with van der Waals surface area (Å²) in [7, 11) is 0. The predicted molar refractivity (Wildman–Crippen MR) is 98.4 cm³/mol. The van der Waals surface area contributed by atoms with Crippen molar-refractivity contribution >= 4 is 22.8 Å². The van der Waals surface area contributed by atoms with Crippen LogP contribution in [0.2, 0.25) is 0 Å². The van der Waals surface area contributed by atoms with Crippen molar-refractivity contribution in [3.8, 4) is 0 Å². The van der Waals surface area contributed by atoms with Crippen LogP contribution in [0.4, 0.5) is 4.79 Å². The Morgan fingerprint density at radius 3 is 2.58 bits per heavy atom. The third-order valence-electron chi connectivity index (χ3n) is 5.73. The third-order valence-corrected chi connectivity index (χ3v) is 5.73. The lowest BCUT2D eigenvalue weighted by molar-refractivity contribution is -0.133. The third kappa shape index (κ3) is 1.85. The van der Waals surface area contributed by atoms with Crippen LogP contribution in [-0.4, -0.2) is 33.3 Å². The van der Waals surface area contributed by atoms with Gasteiger partial charge in [-0.3, -0.25) is 9.69 Å². The molecule has 1 N–H and O–H groups in total. The van der Waals surface area contributed by atoms with Gasteiger partial charge < -0.3 is 9.88 Å². The van der Waals surface area contributed by atoms with E-state index in [1.807, 2.05) is 55.5 Å². The summed E-state index contributed by atoms with van der Waals surface area (Å²) < 4.78 is 0. The molecule has 0 radical (unpaired) electrons. The van der Waals surface area contributed by atoms with Crippen molar-refractivity contribution in [3.05, 3.63) is 71.4 Å². The van der Waals surface area contributed by atoms with E-state index < -0.39 is 5.54 Å². The van der Waals surface area contributed by atoms with Gasteiger partial charge in [-0.2, -0.15) is 0 Å². The number of H-pyrrole nitrogens is 1. The highest BCUT2D eigenvalue weighted by atomic mass is 16.2. The van der Waals surface area contributed by atoms with Crippen LogP contribution in [0.25, 0.3) is 10.9 Å². The van der Waals surface area contributed by atoms with E-state index in [-0.39, 0.29) is 11.9 Å². The maximum absolute atomic E-state index is 13.4. The number of nitrogens with one attached hydrogen (secondary N) is 1. The zero-order valence-corrected chi connectivity index (χ0v) is 14.5. The van der Waals surface area contributed by atoms with Crippen LogP contribution in [0.5, 0.6) is 0 Å². The first-order valence-corrected chi connectivity index (χ1v) is 8.88. The molecule has 3 amide bonds. The Bertz CT molecular complexity index is 1040. The maximum Gasteiger partial charge on any atom is 0.328 e. The van der Waals surface area contributed by atoms with Gasteiger partial charge in [-0.1, -0.05) is 48.5 Å². The number of nitrogens with zero attached hydrogens (tertiary/aromatic N) is 2. The van der Waals surface area contributed by atoms with Crippen molar-refractivity contribution in [1.82, 2.24) is 14.8 Å². The van der Waals surface area contributed by atoms with Crippen molar-refractivity contribution in [2.45, 2.75) is 25.4 Å². The highest BCUT2D eigenvalue weighted by molar-refractivity contribution is 6.08. The minimum atomic E-state index is -0.960. The molecule has 5 nitrogen and oxygen atoms in total. The van der Waals surface area contributed by atoms with E-state index in [1.54, 1.807) is 4.90 Å². The summed E-state index contributed by atoms with van der Waals surface area (Å²) in [6.07, 6.45) is 0.757. The molecule has 5 rings (SSSR count). The number of fused-ring (bicyclic) bond motifs is 5. The van der Waals surface area contributed by atoms with E-state index in [2.05, 4.69) is 11.1 Å². The van der Waals surface area contributed by atoms with Crippen LogP contribution in [0.15, 0.2) is 54.6 Å². The highest BCUT2D eigenvalue weighted by Gasteiger charge is 2.58. The molecular formula is C21H19N3O2. The Balaban J connectivity index is 1.61. The van der Waals surface area contributed by atoms with Gasteiger partial charge in [0.1, 0.15) is 0 Å². The lowest BCUT2D eigenvalue weighted by Crippen LogP contribution is -2.48. The molecule has 1 atom stereocenters. The number of imide groups is 1. The zero-order chi connectivity index (χ0) is 17.9. The first-order chi connectivity index (χ1) is 12.6. The lowest BCUT2D eigenvalue weighted by Gasteiger charge is -2.36. The molecule has 1 aromatic heterocycles. The number of carbonyl (C=O) groups is 2. The first kappa shape index (κ1) is 15.2. The van der Waals surface area contributed by atoms with E-state index in [0.717, 1.165) is 34.1 Å². The van der Waals surface area contributed by atoms with Crippen molar-refractivity contribution in [2.75, 3.05) is 6.54 Å². The molecule has 26 heavy (non-hydrogen) atoms. The minimum Gasteiger partial charge on any atom is -0.356 e. The number of benzene rings is 2. The molecule has 0 aliphatic carbocycles. The monoisotopic (exact) mass is 345 g/mol. The number of rotatable bonds is 2. The fourth-order valence-corrected chi connectivity index (χ4v) is 4.37. The van der Waals surface area contributed by atoms with Gasteiger partial charge in [0.05, 0.1) is 12.2 Å². The lowest BCUT2D eigenvalue weighted by atomic mass is 9.87. The second kappa shape index (κ2) is 5.21. The first-order valence-electron chi connectivity index (χ1n) is 8.88. The number of para-hydroxylation sites is 1. The number of hydrogen-bond donors (Lipinski definition) is 1. The van der Waals surface area contributed by atoms with Crippen LogP contribution in [0.3, 0.4) is 0 Å². The summed E-state index contributed by atoms with van der Waals surface area (Å²) in [4.78, 5) is 32.9. The Hall–Kier alpha value is -3.08. The number of urea groups is 1. The van der Waals surface area contributed by atoms with E-state index in [9.17, 15) is 9.59 Å². The Morgan fingerprint density at radius 1 is 1.04 bits per heavy atom. The number of hydrogen-bond acceptors (Lipinski definition) is 2. The molecule has 1 fully saturated rings. The molecule has 1 saturated heterocycles. The Kier molecular flexibility index (Phi) is 3.04. The van der Waals surface area contributed by atoms with Crippen LogP contribution < -0.4 is 0 Å². The summed E-state index contributed by atoms with van der Waals surface area (Å²) in [6, 6.07) is 17.5. The highest BCUT2D eigenvalue weighted by Crippen LogP contribution is 2.44. The molecule has 2 aliphatic rings. The Labute approximate surface area is 151 Å². The molecule has 130 valence electrons. The smallest absolute Gasteiger partial charge is 0.328 e. The quantitative estimate of drug-likeness (QED) is 0.724. The fourth-order valence-electron chi connectivity index (χ4n) is 4.37. The molecular weight excluding hydrogens is 326 g/mol. The van der Waals surface area contributed by atoms with Crippen LogP contribution >= 0.6 is 0 Å². The molecule has 2 aromatic carbocycles. The second-order valence-corrected chi connectivity index (χ2v) is 7.16. The molecule has 3 heterocycles. The van der Waals surface area contributed by atoms with Gasteiger partial charge in [-0.05, 0) is 30.5 Å². The zero-order valence-electron chi connectivity index (χ0n) is 14.5. The van der Waals surface area contributed by atoms with Gasteiger partial charge in [-0.15, -0.1) is 0 Å². The van der Waals surface area contributed by atoms with Crippen LogP contribution in [0.1, 0.15) is 23.7 Å². The average Bonchev–Trinajstić information content (AvgIpc) is 3.13. The standard InChI is InChI=1S/C21H19N3O2/c1-21-18-16(15-9-5-6-10-17(15)22-18)11-12-24(21)20(26)23(19(21)25)13-14-7-3-2-4-8-14/h2-10,22H,11-13H2,1H3/t21-/m1/s1. The molecule has 0 bridgehead atoms. The number of carbonyl (C=O) groups excluding carboxylic acids is 2. The molecule has 0 unspecified atom stereocenters. The molecule has 5 heteroatoms. The molecule has 2 aliphatic heterocycles. The molecule has 0 saturated carbocycles. The minimum absolute atomic E-state index is 0.154. The van der Waals surface area contributed by atoms with Crippen molar-refractivity contribution in [1.29, 1.82) is 0 Å². The van der Waals surface area contributed by atoms with Gasteiger partial charge in [0.25, 0.3) is 5.91 Å². The van der Waals surface area contributed by atoms with Crippen molar-refractivity contribution < 1.29 is 9.59 Å². The number of aromatic amines is 1. The van der Waals surface area contributed by atoms with Gasteiger partial charge in [0.2, 0.25) is 0 Å². The van der Waals surface area contributed by atoms with Crippen LogP contribution in [-0.2, 0) is 23.3 Å². The van der Waals surface area contributed by atoms with Gasteiger partial charge >= 0.3 is 6.03 Å². The van der Waals surface area contributed by atoms with Gasteiger partial charge in [-0.25, -0.2) is 4.79 Å².